The average Bonchev–Trinajstić information content (AvgIpc) is 3.29. The number of nitrogens with zero attached hydrogens (tertiary/aromatic N) is 1. The number of unbranched alkanes of at least 4 members (excludes halogenated alkanes) is 3. The third-order valence-corrected chi connectivity index (χ3v) is 5.76. The van der Waals surface area contributed by atoms with Crippen LogP contribution in [0.25, 0.3) is 0 Å². The highest BCUT2D eigenvalue weighted by Crippen LogP contribution is 2.20. The van der Waals surface area contributed by atoms with E-state index in [0.29, 0.717) is 58.2 Å². The van der Waals surface area contributed by atoms with Crippen molar-refractivity contribution in [3.05, 3.63) is 0 Å². The number of likely N-dealkylation sites (tertiary alicyclic amines) is 1. The molecule has 0 aromatic carbocycles. The zero-order chi connectivity index (χ0) is 24.6. The third kappa shape index (κ3) is 11.3. The molecule has 0 aromatic rings. The molecule has 0 aromatic heterocycles. The van der Waals surface area contributed by atoms with Crippen LogP contribution in [0, 0.1) is 0 Å². The number of carbonyl (C=O) groups excluding carboxylic acids is 5. The summed E-state index contributed by atoms with van der Waals surface area (Å²) in [5.74, 6) is -0.951. The molecule has 10 heteroatoms. The molecule has 188 valence electrons. The fraction of sp³-hybridized carbons (Fsp3) is 0.783. The van der Waals surface area contributed by atoms with Crippen molar-refractivity contribution in [1.29, 1.82) is 0 Å². The Balaban J connectivity index is 2.42. The maximum absolute atomic E-state index is 13.0. The van der Waals surface area contributed by atoms with Crippen LogP contribution < -0.4 is 21.7 Å². The molecule has 1 rings (SSSR count). The largest absolute Gasteiger partial charge is 0.356 e. The maximum atomic E-state index is 13.0. The lowest BCUT2D eigenvalue weighted by Crippen LogP contribution is -2.53. The van der Waals surface area contributed by atoms with Crippen LogP contribution in [0.3, 0.4) is 0 Å². The lowest BCUT2D eigenvalue weighted by molar-refractivity contribution is -0.140. The van der Waals surface area contributed by atoms with E-state index in [2.05, 4.69) is 16.0 Å². The number of nitrogens with one attached hydrogen (secondary N) is 3. The first kappa shape index (κ1) is 28.5. The van der Waals surface area contributed by atoms with Gasteiger partial charge < -0.3 is 26.6 Å². The van der Waals surface area contributed by atoms with Gasteiger partial charge in [-0.05, 0) is 58.4 Å². The van der Waals surface area contributed by atoms with Crippen LogP contribution in [0.1, 0.15) is 78.1 Å². The van der Waals surface area contributed by atoms with E-state index in [1.807, 2.05) is 0 Å². The van der Waals surface area contributed by atoms with E-state index in [0.717, 1.165) is 25.7 Å². The molecule has 0 bridgehead atoms. The molecular formula is C23H41N5O5. The molecule has 0 radical (unpaired) electrons. The number of nitrogens with two attached hydrogens (primary N) is 1. The smallest absolute Gasteiger partial charge is 0.245 e. The van der Waals surface area contributed by atoms with Crippen molar-refractivity contribution in [2.75, 3.05) is 26.2 Å². The Morgan fingerprint density at radius 2 is 1.73 bits per heavy atom. The summed E-state index contributed by atoms with van der Waals surface area (Å²) in [5, 5.41) is 8.11. The van der Waals surface area contributed by atoms with E-state index in [1.54, 1.807) is 11.8 Å². The summed E-state index contributed by atoms with van der Waals surface area (Å²) in [6.07, 6.45) is 6.26. The Morgan fingerprint density at radius 3 is 2.39 bits per heavy atom. The second-order valence-corrected chi connectivity index (χ2v) is 8.50. The molecule has 4 amide bonds. The zero-order valence-electron chi connectivity index (χ0n) is 20.1. The Hall–Kier alpha value is -2.49. The molecular weight excluding hydrogens is 426 g/mol. The Kier molecular flexibility index (Phi) is 14.0. The van der Waals surface area contributed by atoms with Crippen LogP contribution in [0.4, 0.5) is 0 Å². The van der Waals surface area contributed by atoms with E-state index in [1.165, 1.54) is 6.92 Å². The summed E-state index contributed by atoms with van der Waals surface area (Å²) >= 11 is 0. The van der Waals surface area contributed by atoms with Crippen molar-refractivity contribution in [3.63, 3.8) is 0 Å². The standard InChI is InChI=1S/C23H41N5O5/c1-3-20(30)25-14-8-4-5-12-21(31)26-16-22(32)27-18(10-6-7-13-24)23(33)28-15-9-11-19(28)17(2)29/h18-19H,3-16,24H2,1-2H3,(H,25,30)(H,26,31)(H,27,32)/t18-,19?/m0/s1. The highest BCUT2D eigenvalue weighted by atomic mass is 16.2. The molecule has 5 N–H and O–H groups in total. The fourth-order valence-electron chi connectivity index (χ4n) is 3.86. The predicted octanol–water partition coefficient (Wildman–Crippen LogP) is 0.383. The summed E-state index contributed by atoms with van der Waals surface area (Å²) in [7, 11) is 0. The van der Waals surface area contributed by atoms with Gasteiger partial charge in [-0.3, -0.25) is 24.0 Å². The number of ketones is 1. The van der Waals surface area contributed by atoms with E-state index < -0.39 is 18.0 Å². The van der Waals surface area contributed by atoms with Gasteiger partial charge in [-0.15, -0.1) is 0 Å². The molecule has 1 aliphatic heterocycles. The first-order valence-electron chi connectivity index (χ1n) is 12.1. The van der Waals surface area contributed by atoms with Gasteiger partial charge >= 0.3 is 0 Å². The van der Waals surface area contributed by atoms with E-state index >= 15 is 0 Å². The molecule has 1 heterocycles. The molecule has 33 heavy (non-hydrogen) atoms. The van der Waals surface area contributed by atoms with Gasteiger partial charge in [0.05, 0.1) is 12.6 Å². The van der Waals surface area contributed by atoms with Crippen molar-refractivity contribution >= 4 is 29.4 Å². The van der Waals surface area contributed by atoms with Crippen molar-refractivity contribution < 1.29 is 24.0 Å². The molecule has 1 fully saturated rings. The van der Waals surface area contributed by atoms with Gasteiger partial charge in [0, 0.05) is 25.9 Å². The quantitative estimate of drug-likeness (QED) is 0.241. The highest BCUT2D eigenvalue weighted by Gasteiger charge is 2.35. The summed E-state index contributed by atoms with van der Waals surface area (Å²) < 4.78 is 0. The molecule has 10 nitrogen and oxygen atoms in total. The lowest BCUT2D eigenvalue weighted by Gasteiger charge is -2.28. The van der Waals surface area contributed by atoms with Crippen LogP contribution in [-0.2, 0) is 24.0 Å². The molecule has 0 saturated carbocycles. The third-order valence-electron chi connectivity index (χ3n) is 5.76. The first-order chi connectivity index (χ1) is 15.8. The number of Topliss-reactive ketones (excluding diaryl/α,β-unsaturated/α-hetero) is 1. The van der Waals surface area contributed by atoms with E-state index in [-0.39, 0.29) is 30.0 Å². The van der Waals surface area contributed by atoms with Gasteiger partial charge in [0.15, 0.2) is 5.78 Å². The van der Waals surface area contributed by atoms with E-state index in [4.69, 9.17) is 5.73 Å². The summed E-state index contributed by atoms with van der Waals surface area (Å²) in [5.41, 5.74) is 5.55. The molecule has 0 spiro atoms. The number of rotatable bonds is 16. The lowest BCUT2D eigenvalue weighted by atomic mass is 10.1. The zero-order valence-corrected chi connectivity index (χ0v) is 20.1. The second-order valence-electron chi connectivity index (χ2n) is 8.50. The number of carbonyl (C=O) groups is 5. The Bertz CT molecular complexity index is 670. The Labute approximate surface area is 196 Å². The van der Waals surface area contributed by atoms with Gasteiger partial charge in [-0.1, -0.05) is 13.3 Å². The van der Waals surface area contributed by atoms with E-state index in [9.17, 15) is 24.0 Å². The van der Waals surface area contributed by atoms with Crippen LogP contribution in [-0.4, -0.2) is 72.6 Å². The minimum Gasteiger partial charge on any atom is -0.356 e. The van der Waals surface area contributed by atoms with Crippen molar-refractivity contribution in [2.24, 2.45) is 5.73 Å². The monoisotopic (exact) mass is 467 g/mol. The second kappa shape index (κ2) is 16.2. The average molecular weight is 468 g/mol. The minimum absolute atomic E-state index is 0.0140. The van der Waals surface area contributed by atoms with Crippen LogP contribution in [0.15, 0.2) is 0 Å². The first-order valence-corrected chi connectivity index (χ1v) is 12.1. The van der Waals surface area contributed by atoms with Crippen molar-refractivity contribution in [3.8, 4) is 0 Å². The van der Waals surface area contributed by atoms with Gasteiger partial charge in [0.25, 0.3) is 0 Å². The number of hydrogen-bond donors (Lipinski definition) is 4. The molecule has 0 aliphatic carbocycles. The molecule has 1 unspecified atom stereocenters. The van der Waals surface area contributed by atoms with Gasteiger partial charge in [-0.25, -0.2) is 0 Å². The van der Waals surface area contributed by atoms with Crippen molar-refractivity contribution in [2.45, 2.75) is 90.1 Å². The molecule has 1 saturated heterocycles. The number of amides is 4. The van der Waals surface area contributed by atoms with Crippen LogP contribution in [0.5, 0.6) is 0 Å². The van der Waals surface area contributed by atoms with Gasteiger partial charge in [0.1, 0.15) is 6.04 Å². The fourth-order valence-corrected chi connectivity index (χ4v) is 3.86. The van der Waals surface area contributed by atoms with Gasteiger partial charge in [-0.2, -0.15) is 0 Å². The Morgan fingerprint density at radius 1 is 0.970 bits per heavy atom. The number of hydrogen-bond acceptors (Lipinski definition) is 6. The summed E-state index contributed by atoms with van der Waals surface area (Å²) in [6, 6.07) is -1.17. The summed E-state index contributed by atoms with van der Waals surface area (Å²) in [4.78, 5) is 62.0. The topological polar surface area (TPSA) is 151 Å². The maximum Gasteiger partial charge on any atom is 0.245 e. The summed E-state index contributed by atoms with van der Waals surface area (Å²) in [6.45, 7) is 4.67. The van der Waals surface area contributed by atoms with Crippen LogP contribution in [0.2, 0.25) is 0 Å². The SMILES string of the molecule is CCC(=O)NCCCCCC(=O)NCC(=O)N[C@@H](CCCCN)C(=O)N1CCCC1C(C)=O. The van der Waals surface area contributed by atoms with Gasteiger partial charge in [0.2, 0.25) is 23.6 Å². The predicted molar refractivity (Wildman–Crippen MR) is 125 cm³/mol. The minimum atomic E-state index is -0.737. The molecule has 1 aliphatic rings. The van der Waals surface area contributed by atoms with Crippen molar-refractivity contribution in [1.82, 2.24) is 20.9 Å². The molecule has 2 atom stereocenters. The normalized spacial score (nSPS) is 16.2. The van der Waals surface area contributed by atoms with Crippen LogP contribution >= 0.6 is 0 Å². The highest BCUT2D eigenvalue weighted by molar-refractivity contribution is 5.93.